The lowest BCUT2D eigenvalue weighted by molar-refractivity contribution is -0.114. The lowest BCUT2D eigenvalue weighted by Gasteiger charge is -2.12. The number of hydrogen-bond donors (Lipinski definition) is 1. The summed E-state index contributed by atoms with van der Waals surface area (Å²) in [6.07, 6.45) is 1.67. The molecule has 2 heterocycles. The number of hydrazone groups is 1. The molecule has 0 bridgehead atoms. The van der Waals surface area contributed by atoms with Gasteiger partial charge in [-0.05, 0) is 66.4 Å². The quantitative estimate of drug-likeness (QED) is 0.329. The van der Waals surface area contributed by atoms with E-state index in [1.165, 1.54) is 47.7 Å². The molecule has 3 aromatic rings. The number of ether oxygens (including phenoxy) is 2. The zero-order chi connectivity index (χ0) is 23.5. The SMILES string of the molecule is COc1cc(/C=C2/C(=O)N(c3ccc(C(=O)O)cc3)N=C2C)ccc1OC(=O)c1cccs1. The van der Waals surface area contributed by atoms with E-state index in [9.17, 15) is 14.4 Å². The number of benzene rings is 2. The number of aromatic carboxylic acids is 1. The number of anilines is 1. The Labute approximate surface area is 193 Å². The van der Waals surface area contributed by atoms with Crippen LogP contribution in [-0.4, -0.2) is 35.8 Å². The van der Waals surface area contributed by atoms with E-state index in [2.05, 4.69) is 5.10 Å². The van der Waals surface area contributed by atoms with Crippen LogP contribution in [0.4, 0.5) is 5.69 Å². The summed E-state index contributed by atoms with van der Waals surface area (Å²) in [4.78, 5) is 36.7. The van der Waals surface area contributed by atoms with Crippen LogP contribution in [0.25, 0.3) is 6.08 Å². The molecule has 1 N–H and O–H groups in total. The fraction of sp³-hybridized carbons (Fsp3) is 0.0833. The molecule has 9 heteroatoms. The van der Waals surface area contributed by atoms with E-state index in [0.717, 1.165) is 0 Å². The van der Waals surface area contributed by atoms with Gasteiger partial charge in [0.1, 0.15) is 4.88 Å². The first-order chi connectivity index (χ1) is 15.9. The molecule has 0 aliphatic carbocycles. The molecule has 0 spiro atoms. The fourth-order valence-electron chi connectivity index (χ4n) is 3.17. The number of carboxylic acid groups (broad SMARTS) is 1. The summed E-state index contributed by atoms with van der Waals surface area (Å²) in [6.45, 7) is 1.71. The van der Waals surface area contributed by atoms with Crippen LogP contribution in [0.3, 0.4) is 0 Å². The van der Waals surface area contributed by atoms with Crippen molar-refractivity contribution < 1.29 is 29.0 Å². The van der Waals surface area contributed by atoms with Crippen molar-refractivity contribution in [1.29, 1.82) is 0 Å². The Morgan fingerprint density at radius 3 is 2.48 bits per heavy atom. The van der Waals surface area contributed by atoms with Crippen LogP contribution in [0.15, 0.2) is 70.7 Å². The standard InChI is InChI=1S/C24H18N2O6S/c1-14-18(22(27)26(25-14)17-8-6-16(7-9-17)23(28)29)12-15-5-10-19(20(13-15)31-2)32-24(30)21-4-3-11-33-21/h3-13H,1-2H3,(H,28,29)/b18-12+. The van der Waals surface area contributed by atoms with E-state index >= 15 is 0 Å². The van der Waals surface area contributed by atoms with Gasteiger partial charge in [-0.15, -0.1) is 11.3 Å². The van der Waals surface area contributed by atoms with Gasteiger partial charge in [-0.1, -0.05) is 12.1 Å². The maximum Gasteiger partial charge on any atom is 0.353 e. The van der Waals surface area contributed by atoms with Crippen LogP contribution in [-0.2, 0) is 4.79 Å². The Hall–Kier alpha value is -4.24. The molecule has 166 valence electrons. The van der Waals surface area contributed by atoms with Crippen molar-refractivity contribution in [1.82, 2.24) is 0 Å². The highest BCUT2D eigenvalue weighted by Crippen LogP contribution is 2.31. The Balaban J connectivity index is 1.57. The lowest BCUT2D eigenvalue weighted by atomic mass is 10.1. The number of amides is 1. The first-order valence-electron chi connectivity index (χ1n) is 9.76. The average molecular weight is 462 g/mol. The molecule has 0 fully saturated rings. The van der Waals surface area contributed by atoms with Crippen molar-refractivity contribution in [2.75, 3.05) is 12.1 Å². The Bertz CT molecular complexity index is 1290. The maximum atomic E-state index is 13.0. The zero-order valence-electron chi connectivity index (χ0n) is 17.6. The number of thiophene rings is 1. The number of methoxy groups -OCH3 is 1. The molecule has 1 aromatic heterocycles. The predicted octanol–water partition coefficient (Wildman–Crippen LogP) is 4.48. The summed E-state index contributed by atoms with van der Waals surface area (Å²) >= 11 is 1.28. The van der Waals surface area contributed by atoms with Crippen molar-refractivity contribution in [2.45, 2.75) is 6.92 Å². The molecule has 2 aromatic carbocycles. The second-order valence-electron chi connectivity index (χ2n) is 6.99. The van der Waals surface area contributed by atoms with Crippen LogP contribution in [0.5, 0.6) is 11.5 Å². The molecule has 0 saturated heterocycles. The van der Waals surface area contributed by atoms with Gasteiger partial charge in [0.2, 0.25) is 0 Å². The van der Waals surface area contributed by atoms with Crippen LogP contribution in [0, 0.1) is 0 Å². The van der Waals surface area contributed by atoms with Gasteiger partial charge in [0, 0.05) is 0 Å². The summed E-state index contributed by atoms with van der Waals surface area (Å²) in [6, 6.07) is 14.3. The molecular weight excluding hydrogens is 444 g/mol. The molecule has 4 rings (SSSR count). The van der Waals surface area contributed by atoms with Crippen LogP contribution >= 0.6 is 11.3 Å². The Kier molecular flexibility index (Phi) is 6.05. The topological polar surface area (TPSA) is 106 Å². The maximum absolute atomic E-state index is 13.0. The van der Waals surface area contributed by atoms with Crippen molar-refractivity contribution in [3.63, 3.8) is 0 Å². The summed E-state index contributed by atoms with van der Waals surface area (Å²) < 4.78 is 10.8. The minimum absolute atomic E-state index is 0.119. The third kappa shape index (κ3) is 4.53. The average Bonchev–Trinajstić information content (AvgIpc) is 3.45. The number of carbonyl (C=O) groups excluding carboxylic acids is 2. The van der Waals surface area contributed by atoms with Gasteiger partial charge < -0.3 is 14.6 Å². The number of esters is 1. The monoisotopic (exact) mass is 462 g/mol. The van der Waals surface area contributed by atoms with Gasteiger partial charge in [0.15, 0.2) is 11.5 Å². The van der Waals surface area contributed by atoms with Crippen molar-refractivity contribution in [3.8, 4) is 11.5 Å². The second kappa shape index (κ2) is 9.09. The van der Waals surface area contributed by atoms with Crippen LogP contribution in [0.1, 0.15) is 32.5 Å². The number of carboxylic acids is 1. The fourth-order valence-corrected chi connectivity index (χ4v) is 3.77. The number of carbonyl (C=O) groups is 3. The first kappa shape index (κ1) is 22.0. The van der Waals surface area contributed by atoms with Gasteiger partial charge in [0.05, 0.1) is 29.6 Å². The zero-order valence-corrected chi connectivity index (χ0v) is 18.5. The molecule has 33 heavy (non-hydrogen) atoms. The van der Waals surface area contributed by atoms with Crippen molar-refractivity contribution >= 4 is 46.7 Å². The predicted molar refractivity (Wildman–Crippen MR) is 124 cm³/mol. The molecular formula is C24H18N2O6S. The highest BCUT2D eigenvalue weighted by atomic mass is 32.1. The molecule has 0 atom stereocenters. The summed E-state index contributed by atoms with van der Waals surface area (Å²) in [5.41, 5.74) is 2.12. The molecule has 1 amide bonds. The third-order valence-corrected chi connectivity index (χ3v) is 5.69. The smallest absolute Gasteiger partial charge is 0.353 e. The van der Waals surface area contributed by atoms with Gasteiger partial charge in [-0.3, -0.25) is 4.79 Å². The van der Waals surface area contributed by atoms with E-state index in [0.29, 0.717) is 33.2 Å². The number of nitrogens with zero attached hydrogens (tertiary/aromatic N) is 2. The minimum Gasteiger partial charge on any atom is -0.493 e. The number of hydrogen-bond acceptors (Lipinski definition) is 7. The lowest BCUT2D eigenvalue weighted by Crippen LogP contribution is -2.21. The minimum atomic E-state index is -1.05. The molecule has 0 unspecified atom stereocenters. The number of rotatable bonds is 6. The molecule has 0 radical (unpaired) electrons. The first-order valence-corrected chi connectivity index (χ1v) is 10.6. The van der Waals surface area contributed by atoms with Crippen molar-refractivity contribution in [3.05, 3.63) is 81.6 Å². The largest absolute Gasteiger partial charge is 0.493 e. The Morgan fingerprint density at radius 2 is 1.85 bits per heavy atom. The van der Waals surface area contributed by atoms with Gasteiger partial charge in [0.25, 0.3) is 5.91 Å². The van der Waals surface area contributed by atoms with Crippen LogP contribution in [0.2, 0.25) is 0 Å². The highest BCUT2D eigenvalue weighted by molar-refractivity contribution is 7.12. The molecule has 8 nitrogen and oxygen atoms in total. The summed E-state index contributed by atoms with van der Waals surface area (Å²) in [5, 5.41) is 16.4. The van der Waals surface area contributed by atoms with Gasteiger partial charge in [-0.25, -0.2) is 9.59 Å². The summed E-state index contributed by atoms with van der Waals surface area (Å²) in [5.74, 6) is -1.26. The Morgan fingerprint density at radius 1 is 1.09 bits per heavy atom. The van der Waals surface area contributed by atoms with E-state index < -0.39 is 11.9 Å². The summed E-state index contributed by atoms with van der Waals surface area (Å²) in [7, 11) is 1.46. The van der Waals surface area contributed by atoms with E-state index in [1.807, 2.05) is 0 Å². The van der Waals surface area contributed by atoms with E-state index in [-0.39, 0.29) is 17.2 Å². The normalized spacial score (nSPS) is 14.4. The molecule has 0 saturated carbocycles. The van der Waals surface area contributed by atoms with Gasteiger partial charge in [-0.2, -0.15) is 10.1 Å². The molecule has 1 aliphatic rings. The molecule has 1 aliphatic heterocycles. The third-order valence-electron chi connectivity index (χ3n) is 4.85. The van der Waals surface area contributed by atoms with Crippen molar-refractivity contribution in [2.24, 2.45) is 5.10 Å². The highest BCUT2D eigenvalue weighted by Gasteiger charge is 2.29. The van der Waals surface area contributed by atoms with E-state index in [1.54, 1.807) is 48.7 Å². The van der Waals surface area contributed by atoms with E-state index in [4.69, 9.17) is 14.6 Å². The van der Waals surface area contributed by atoms with Crippen LogP contribution < -0.4 is 14.5 Å². The second-order valence-corrected chi connectivity index (χ2v) is 7.94. The van der Waals surface area contributed by atoms with Gasteiger partial charge >= 0.3 is 11.9 Å².